The molecule has 0 bridgehead atoms. The second kappa shape index (κ2) is 8.20. The van der Waals surface area contributed by atoms with Crippen LogP contribution < -0.4 is 5.11 Å². The van der Waals surface area contributed by atoms with Gasteiger partial charge in [0, 0.05) is 27.8 Å². The molecule has 1 N–H and O–H groups in total. The summed E-state index contributed by atoms with van der Waals surface area (Å²) in [7, 11) is 0. The third-order valence-electron chi connectivity index (χ3n) is 4.78. The first-order valence-electron chi connectivity index (χ1n) is 9.58. The van der Waals surface area contributed by atoms with Gasteiger partial charge in [-0.3, -0.25) is 0 Å². The van der Waals surface area contributed by atoms with E-state index in [9.17, 15) is 9.90 Å². The number of hydrogen-bond donors (Lipinski definition) is 1. The number of aliphatic carboxylic acids is 1. The van der Waals surface area contributed by atoms with Gasteiger partial charge in [0.25, 0.3) is 5.22 Å². The molecule has 0 amide bonds. The van der Waals surface area contributed by atoms with Crippen LogP contribution in [0.2, 0.25) is 0 Å². The lowest BCUT2D eigenvalue weighted by Crippen LogP contribution is -2.23. The number of carbonyl (C=O) groups is 1. The van der Waals surface area contributed by atoms with E-state index < -0.39 is 5.97 Å². The van der Waals surface area contributed by atoms with Crippen molar-refractivity contribution < 1.29 is 14.3 Å². The Morgan fingerprint density at radius 1 is 1.20 bits per heavy atom. The van der Waals surface area contributed by atoms with Crippen LogP contribution in [0.25, 0.3) is 28.2 Å². The van der Waals surface area contributed by atoms with Crippen molar-refractivity contribution in [3.63, 3.8) is 0 Å². The molecule has 0 spiro atoms. The maximum absolute atomic E-state index is 11.9. The summed E-state index contributed by atoms with van der Waals surface area (Å²) in [4.78, 5) is 15.4. The van der Waals surface area contributed by atoms with E-state index in [1.54, 1.807) is 6.08 Å². The molecule has 0 radical (unpaired) electrons. The summed E-state index contributed by atoms with van der Waals surface area (Å²) in [6.07, 6.45) is 2.20. The number of carbonyl (C=O) groups excluding carboxylic acids is 1. The number of nitrogens with one attached hydrogen (secondary N) is 1. The SMILES string of the molecule is CCc1nnc(S/C(=C\c2c(-c3ccccc3)[nH]c3c(C)cc(C)cc23)C(=O)[O-])o1. The van der Waals surface area contributed by atoms with E-state index in [0.29, 0.717) is 12.3 Å². The van der Waals surface area contributed by atoms with Crippen LogP contribution in [0.3, 0.4) is 0 Å². The lowest BCUT2D eigenvalue weighted by atomic mass is 10.0. The second-order valence-corrected chi connectivity index (χ2v) is 7.99. The van der Waals surface area contributed by atoms with Crippen molar-refractivity contribution in [2.24, 2.45) is 0 Å². The van der Waals surface area contributed by atoms with Crippen molar-refractivity contribution in [3.05, 3.63) is 70.0 Å². The van der Waals surface area contributed by atoms with Crippen LogP contribution in [0.5, 0.6) is 0 Å². The smallest absolute Gasteiger partial charge is 0.281 e. The van der Waals surface area contributed by atoms with Gasteiger partial charge in [0.15, 0.2) is 0 Å². The molecule has 4 aromatic rings. The van der Waals surface area contributed by atoms with Gasteiger partial charge in [-0.05, 0) is 48.9 Å². The van der Waals surface area contributed by atoms with E-state index in [2.05, 4.69) is 27.3 Å². The monoisotopic (exact) mass is 418 g/mol. The van der Waals surface area contributed by atoms with Crippen LogP contribution >= 0.6 is 11.8 Å². The van der Waals surface area contributed by atoms with Gasteiger partial charge in [-0.1, -0.05) is 48.9 Å². The average molecular weight is 418 g/mol. The van der Waals surface area contributed by atoms with Gasteiger partial charge in [-0.2, -0.15) is 0 Å². The molecule has 0 aliphatic rings. The number of H-pyrrole nitrogens is 1. The predicted molar refractivity (Wildman–Crippen MR) is 116 cm³/mol. The number of fused-ring (bicyclic) bond motifs is 1. The molecule has 0 aliphatic heterocycles. The summed E-state index contributed by atoms with van der Waals surface area (Å²) in [6.45, 7) is 5.95. The molecule has 0 saturated heterocycles. The highest BCUT2D eigenvalue weighted by Gasteiger charge is 2.16. The predicted octanol–water partition coefficient (Wildman–Crippen LogP) is 4.28. The average Bonchev–Trinajstić information content (AvgIpc) is 3.33. The Hall–Kier alpha value is -3.32. The van der Waals surface area contributed by atoms with Gasteiger partial charge in [-0.25, -0.2) is 0 Å². The van der Waals surface area contributed by atoms with Gasteiger partial charge in [0.2, 0.25) is 5.89 Å². The molecular weight excluding hydrogens is 398 g/mol. The topological polar surface area (TPSA) is 94.8 Å². The van der Waals surface area contributed by atoms with Gasteiger partial charge in [0.1, 0.15) is 0 Å². The zero-order valence-corrected chi connectivity index (χ0v) is 17.7. The molecule has 0 aliphatic carbocycles. The summed E-state index contributed by atoms with van der Waals surface area (Å²) >= 11 is 0.897. The molecule has 0 fully saturated rings. The maximum atomic E-state index is 11.9. The lowest BCUT2D eigenvalue weighted by molar-refractivity contribution is -0.298. The number of aryl methyl sites for hydroxylation is 3. The Morgan fingerprint density at radius 3 is 2.63 bits per heavy atom. The summed E-state index contributed by atoms with van der Waals surface area (Å²) in [5.41, 5.74) is 5.75. The summed E-state index contributed by atoms with van der Waals surface area (Å²) in [5.74, 6) is -0.840. The van der Waals surface area contributed by atoms with Crippen LogP contribution in [0.15, 0.2) is 57.0 Å². The molecule has 0 saturated carbocycles. The largest absolute Gasteiger partial charge is 0.544 e. The van der Waals surface area contributed by atoms with Crippen LogP contribution in [0.1, 0.15) is 29.5 Å². The van der Waals surface area contributed by atoms with E-state index in [1.807, 2.05) is 51.1 Å². The Morgan fingerprint density at radius 2 is 1.97 bits per heavy atom. The lowest BCUT2D eigenvalue weighted by Gasteiger charge is -2.07. The maximum Gasteiger partial charge on any atom is 0.281 e. The normalized spacial score (nSPS) is 11.9. The van der Waals surface area contributed by atoms with Gasteiger partial charge in [0.05, 0.1) is 11.7 Å². The van der Waals surface area contributed by atoms with E-state index in [1.165, 1.54) is 0 Å². The first kappa shape index (κ1) is 20.0. The van der Waals surface area contributed by atoms with E-state index in [-0.39, 0.29) is 10.1 Å². The summed E-state index contributed by atoms with van der Waals surface area (Å²) in [5, 5.41) is 20.9. The number of nitrogens with zero attached hydrogens (tertiary/aromatic N) is 2. The minimum Gasteiger partial charge on any atom is -0.544 e. The summed E-state index contributed by atoms with van der Waals surface area (Å²) < 4.78 is 5.47. The van der Waals surface area contributed by atoms with Crippen molar-refractivity contribution in [1.29, 1.82) is 0 Å². The van der Waals surface area contributed by atoms with Gasteiger partial charge >= 0.3 is 0 Å². The Balaban J connectivity index is 1.91. The van der Waals surface area contributed by atoms with Gasteiger partial charge < -0.3 is 19.3 Å². The zero-order chi connectivity index (χ0) is 21.3. The Bertz CT molecular complexity index is 1260. The van der Waals surface area contributed by atoms with Crippen molar-refractivity contribution in [2.45, 2.75) is 32.4 Å². The van der Waals surface area contributed by atoms with Crippen molar-refractivity contribution in [3.8, 4) is 11.3 Å². The van der Waals surface area contributed by atoms with Crippen LogP contribution in [0.4, 0.5) is 0 Å². The van der Waals surface area contributed by atoms with Crippen molar-refractivity contribution in [1.82, 2.24) is 15.2 Å². The van der Waals surface area contributed by atoms with Crippen LogP contribution in [-0.4, -0.2) is 21.2 Å². The molecular formula is C23H20N3O3S-. The minimum absolute atomic E-state index is 0.00135. The molecule has 0 unspecified atom stereocenters. The number of rotatable bonds is 6. The number of benzene rings is 2. The highest BCUT2D eigenvalue weighted by molar-refractivity contribution is 8.03. The quantitative estimate of drug-likeness (QED) is 0.371. The third-order valence-corrected chi connectivity index (χ3v) is 5.62. The Labute approximate surface area is 178 Å². The summed E-state index contributed by atoms with van der Waals surface area (Å²) in [6, 6.07) is 14.0. The van der Waals surface area contributed by atoms with Crippen LogP contribution in [0, 0.1) is 13.8 Å². The van der Waals surface area contributed by atoms with E-state index in [0.717, 1.165) is 50.6 Å². The van der Waals surface area contributed by atoms with Crippen molar-refractivity contribution >= 4 is 34.7 Å². The highest BCUT2D eigenvalue weighted by atomic mass is 32.2. The van der Waals surface area contributed by atoms with E-state index in [4.69, 9.17) is 4.42 Å². The number of carboxylic acid groups (broad SMARTS) is 1. The molecule has 7 heteroatoms. The standard InChI is InChI=1S/C23H21N3O3S/c1-4-19-25-26-23(29-19)30-18(22(27)28)12-17-16-11-13(2)10-14(3)20(16)24-21(17)15-8-6-5-7-9-15/h5-12,24H,4H2,1-3H3,(H,27,28)/p-1/b18-12-. The molecule has 30 heavy (non-hydrogen) atoms. The first-order valence-corrected chi connectivity index (χ1v) is 10.4. The van der Waals surface area contributed by atoms with Crippen molar-refractivity contribution in [2.75, 3.05) is 0 Å². The fraction of sp³-hybridized carbons (Fsp3) is 0.174. The van der Waals surface area contributed by atoms with E-state index >= 15 is 0 Å². The Kier molecular flexibility index (Phi) is 5.46. The van der Waals surface area contributed by atoms with Crippen LogP contribution in [-0.2, 0) is 11.2 Å². The number of thioether (sulfide) groups is 1. The number of hydrogen-bond acceptors (Lipinski definition) is 6. The molecule has 6 nitrogen and oxygen atoms in total. The zero-order valence-electron chi connectivity index (χ0n) is 16.9. The molecule has 2 heterocycles. The third kappa shape index (κ3) is 3.89. The second-order valence-electron chi connectivity index (χ2n) is 7.00. The molecule has 4 rings (SSSR count). The fourth-order valence-corrected chi connectivity index (χ4v) is 4.10. The fourth-order valence-electron chi connectivity index (χ4n) is 3.43. The molecule has 0 atom stereocenters. The highest BCUT2D eigenvalue weighted by Crippen LogP contribution is 2.36. The first-order chi connectivity index (χ1) is 14.5. The number of aromatic amines is 1. The minimum atomic E-state index is -1.30. The molecule has 152 valence electrons. The molecule has 2 aromatic carbocycles. The number of carboxylic acids is 1. The van der Waals surface area contributed by atoms with Gasteiger partial charge in [-0.15, -0.1) is 10.2 Å². The molecule has 2 aromatic heterocycles. The number of aromatic nitrogens is 3.